The number of hydrogen-bond acceptors (Lipinski definition) is 3. The lowest BCUT2D eigenvalue weighted by atomic mass is 9.98. The van der Waals surface area contributed by atoms with Gasteiger partial charge in [-0.05, 0) is 55.9 Å². The zero-order valence-electron chi connectivity index (χ0n) is 15.3. The SMILES string of the molecule is C[C@](N)(CO)CCc1ccc(C#CCCCc2cccc(C(F)(F)F)c2)o1. The van der Waals surface area contributed by atoms with Gasteiger partial charge in [-0.25, -0.2) is 0 Å². The van der Waals surface area contributed by atoms with Crippen molar-refractivity contribution >= 4 is 0 Å². The predicted octanol–water partition coefficient (Wildman–Crippen LogP) is 4.32. The quantitative estimate of drug-likeness (QED) is 0.557. The van der Waals surface area contributed by atoms with Gasteiger partial charge in [0.1, 0.15) is 5.76 Å². The molecule has 27 heavy (non-hydrogen) atoms. The van der Waals surface area contributed by atoms with Gasteiger partial charge in [-0.3, -0.25) is 0 Å². The van der Waals surface area contributed by atoms with E-state index in [1.54, 1.807) is 19.1 Å². The van der Waals surface area contributed by atoms with E-state index in [4.69, 9.17) is 15.3 Å². The van der Waals surface area contributed by atoms with E-state index < -0.39 is 17.3 Å². The Morgan fingerprint density at radius 1 is 1.15 bits per heavy atom. The Kier molecular flexibility index (Phi) is 7.11. The smallest absolute Gasteiger partial charge is 0.416 e. The van der Waals surface area contributed by atoms with Crippen molar-refractivity contribution in [3.05, 3.63) is 59.0 Å². The first-order valence-electron chi connectivity index (χ1n) is 8.83. The van der Waals surface area contributed by atoms with Crippen LogP contribution in [0.15, 0.2) is 40.8 Å². The van der Waals surface area contributed by atoms with Crippen LogP contribution in [0.5, 0.6) is 0 Å². The highest BCUT2D eigenvalue weighted by Gasteiger charge is 2.30. The number of aliphatic hydroxyl groups excluding tert-OH is 1. The van der Waals surface area contributed by atoms with Crippen molar-refractivity contribution in [2.75, 3.05) is 6.61 Å². The molecule has 0 aliphatic carbocycles. The third-order valence-electron chi connectivity index (χ3n) is 4.20. The molecule has 0 spiro atoms. The van der Waals surface area contributed by atoms with E-state index in [9.17, 15) is 13.2 Å². The standard InChI is InChI=1S/C21H24F3NO2/c1-20(25,15-26)13-12-19-11-10-18(27-19)9-4-2-3-6-16-7-5-8-17(14-16)21(22,23)24/h5,7-8,10-11,14,26H,2-3,6,12-13,15,25H2,1H3/t20-/m1/s1. The molecule has 2 rings (SSSR count). The van der Waals surface area contributed by atoms with E-state index in [2.05, 4.69) is 11.8 Å². The summed E-state index contributed by atoms with van der Waals surface area (Å²) in [6.45, 7) is 1.69. The van der Waals surface area contributed by atoms with Gasteiger partial charge in [-0.15, -0.1) is 0 Å². The topological polar surface area (TPSA) is 59.4 Å². The number of aryl methyl sites for hydroxylation is 2. The second-order valence-electron chi connectivity index (χ2n) is 6.93. The van der Waals surface area contributed by atoms with Gasteiger partial charge in [0.05, 0.1) is 12.2 Å². The van der Waals surface area contributed by atoms with Crippen LogP contribution in [0.3, 0.4) is 0 Å². The highest BCUT2D eigenvalue weighted by molar-refractivity contribution is 5.27. The maximum atomic E-state index is 12.7. The molecule has 2 aromatic rings. The molecule has 146 valence electrons. The molecule has 1 heterocycles. The van der Waals surface area contributed by atoms with Gasteiger partial charge in [-0.1, -0.05) is 24.1 Å². The molecule has 0 bridgehead atoms. The van der Waals surface area contributed by atoms with E-state index in [0.29, 0.717) is 43.4 Å². The maximum Gasteiger partial charge on any atom is 0.416 e. The molecule has 0 aliphatic rings. The number of alkyl halides is 3. The average molecular weight is 379 g/mol. The summed E-state index contributed by atoms with van der Waals surface area (Å²) in [5.41, 5.74) is 5.28. The summed E-state index contributed by atoms with van der Waals surface area (Å²) < 4.78 is 43.7. The lowest BCUT2D eigenvalue weighted by Crippen LogP contribution is -2.40. The maximum absolute atomic E-state index is 12.7. The van der Waals surface area contributed by atoms with Crippen molar-refractivity contribution in [3.63, 3.8) is 0 Å². The second kappa shape index (κ2) is 9.12. The van der Waals surface area contributed by atoms with E-state index >= 15 is 0 Å². The summed E-state index contributed by atoms with van der Waals surface area (Å²) in [6.07, 6.45) is -1.32. The van der Waals surface area contributed by atoms with Crippen LogP contribution in [-0.2, 0) is 19.0 Å². The zero-order chi connectivity index (χ0) is 19.9. The van der Waals surface area contributed by atoms with E-state index in [1.165, 1.54) is 12.1 Å². The number of nitrogens with two attached hydrogens (primary N) is 1. The minimum Gasteiger partial charge on any atom is -0.453 e. The lowest BCUT2D eigenvalue weighted by Gasteiger charge is -2.20. The molecule has 1 aromatic heterocycles. The number of aliphatic hydroxyl groups is 1. The number of hydrogen-bond donors (Lipinski definition) is 2. The summed E-state index contributed by atoms with van der Waals surface area (Å²) in [5, 5.41) is 9.15. The Morgan fingerprint density at radius 2 is 1.93 bits per heavy atom. The van der Waals surface area contributed by atoms with E-state index in [1.807, 2.05) is 6.07 Å². The molecule has 0 unspecified atom stereocenters. The van der Waals surface area contributed by atoms with Crippen LogP contribution < -0.4 is 5.73 Å². The largest absolute Gasteiger partial charge is 0.453 e. The number of furan rings is 1. The van der Waals surface area contributed by atoms with Crippen LogP contribution in [0, 0.1) is 11.8 Å². The van der Waals surface area contributed by atoms with Crippen molar-refractivity contribution in [2.45, 2.75) is 50.7 Å². The molecule has 3 nitrogen and oxygen atoms in total. The molecule has 3 N–H and O–H groups in total. The molecular formula is C21H24F3NO2. The molecule has 1 aromatic carbocycles. The van der Waals surface area contributed by atoms with Crippen molar-refractivity contribution in [3.8, 4) is 11.8 Å². The van der Waals surface area contributed by atoms with E-state index in [-0.39, 0.29) is 6.61 Å². The Hall–Kier alpha value is -2.23. The number of benzene rings is 1. The summed E-state index contributed by atoms with van der Waals surface area (Å²) in [6, 6.07) is 8.99. The highest BCUT2D eigenvalue weighted by atomic mass is 19.4. The molecule has 0 fully saturated rings. The monoisotopic (exact) mass is 379 g/mol. The summed E-state index contributed by atoms with van der Waals surface area (Å²) in [4.78, 5) is 0. The molecule has 1 atom stereocenters. The number of unbranched alkanes of at least 4 members (excludes halogenated alkanes) is 1. The van der Waals surface area contributed by atoms with Crippen LogP contribution >= 0.6 is 0 Å². The third-order valence-corrected chi connectivity index (χ3v) is 4.20. The van der Waals surface area contributed by atoms with Gasteiger partial charge in [0.25, 0.3) is 0 Å². The van der Waals surface area contributed by atoms with Crippen molar-refractivity contribution in [2.24, 2.45) is 5.73 Å². The van der Waals surface area contributed by atoms with Crippen LogP contribution in [0.2, 0.25) is 0 Å². The first-order chi connectivity index (χ1) is 12.7. The van der Waals surface area contributed by atoms with Crippen LogP contribution in [-0.4, -0.2) is 17.3 Å². The fourth-order valence-electron chi connectivity index (χ4n) is 2.50. The summed E-state index contributed by atoms with van der Waals surface area (Å²) in [5.74, 6) is 7.21. The molecule has 0 saturated carbocycles. The fourth-order valence-corrected chi connectivity index (χ4v) is 2.50. The Balaban J connectivity index is 1.80. The van der Waals surface area contributed by atoms with Gasteiger partial charge in [0.2, 0.25) is 0 Å². The summed E-state index contributed by atoms with van der Waals surface area (Å²) in [7, 11) is 0. The summed E-state index contributed by atoms with van der Waals surface area (Å²) >= 11 is 0. The molecule has 0 radical (unpaired) electrons. The van der Waals surface area contributed by atoms with Crippen LogP contribution in [0.1, 0.15) is 48.8 Å². The van der Waals surface area contributed by atoms with Crippen LogP contribution in [0.4, 0.5) is 13.2 Å². The minimum atomic E-state index is -4.31. The molecule has 0 saturated heterocycles. The predicted molar refractivity (Wildman–Crippen MR) is 98.0 cm³/mol. The van der Waals surface area contributed by atoms with E-state index in [0.717, 1.165) is 11.8 Å². The zero-order valence-corrected chi connectivity index (χ0v) is 15.3. The minimum absolute atomic E-state index is 0.0910. The Bertz CT molecular complexity index is 797. The first kappa shape index (κ1) is 21.1. The first-order valence-corrected chi connectivity index (χ1v) is 8.83. The van der Waals surface area contributed by atoms with Crippen molar-refractivity contribution in [1.82, 2.24) is 0 Å². The van der Waals surface area contributed by atoms with Gasteiger partial charge in [0, 0.05) is 18.4 Å². The van der Waals surface area contributed by atoms with Gasteiger partial charge in [-0.2, -0.15) is 13.2 Å². The molecule has 0 aliphatic heterocycles. The van der Waals surface area contributed by atoms with Crippen molar-refractivity contribution < 1.29 is 22.7 Å². The number of rotatable bonds is 7. The lowest BCUT2D eigenvalue weighted by molar-refractivity contribution is -0.137. The molecular weight excluding hydrogens is 355 g/mol. The van der Waals surface area contributed by atoms with Crippen molar-refractivity contribution in [1.29, 1.82) is 0 Å². The van der Waals surface area contributed by atoms with Crippen LogP contribution in [0.25, 0.3) is 0 Å². The third kappa shape index (κ3) is 7.12. The Labute approximate surface area is 157 Å². The second-order valence-corrected chi connectivity index (χ2v) is 6.93. The van der Waals surface area contributed by atoms with Gasteiger partial charge in [0.15, 0.2) is 5.76 Å². The normalized spacial score (nSPS) is 13.7. The number of halogens is 3. The highest BCUT2D eigenvalue weighted by Crippen LogP contribution is 2.29. The molecule has 0 amide bonds. The average Bonchev–Trinajstić information content (AvgIpc) is 3.07. The molecule has 6 heteroatoms. The Morgan fingerprint density at radius 3 is 2.63 bits per heavy atom. The van der Waals surface area contributed by atoms with Gasteiger partial charge < -0.3 is 15.3 Å². The van der Waals surface area contributed by atoms with Gasteiger partial charge >= 0.3 is 6.18 Å². The fraction of sp³-hybridized carbons (Fsp3) is 0.429.